The van der Waals surface area contributed by atoms with Gasteiger partial charge in [-0.25, -0.2) is 0 Å². The molecule has 0 amide bonds. The number of hydrogen-bond donors (Lipinski definition) is 0. The van der Waals surface area contributed by atoms with Gasteiger partial charge >= 0.3 is 0 Å². The summed E-state index contributed by atoms with van der Waals surface area (Å²) in [6, 6.07) is 4.34. The molecule has 1 aliphatic carbocycles. The maximum absolute atomic E-state index is 12.2. The van der Waals surface area contributed by atoms with E-state index in [4.69, 9.17) is 0 Å². The van der Waals surface area contributed by atoms with Gasteiger partial charge in [-0.3, -0.25) is 19.4 Å². The number of aromatic nitrogens is 2. The van der Waals surface area contributed by atoms with Crippen LogP contribution >= 0.6 is 0 Å². The highest BCUT2D eigenvalue weighted by Crippen LogP contribution is 2.24. The van der Waals surface area contributed by atoms with Crippen molar-refractivity contribution >= 4 is 11.6 Å². The zero-order valence-electron chi connectivity index (χ0n) is 9.51. The van der Waals surface area contributed by atoms with Crippen LogP contribution in [0.4, 0.5) is 0 Å². The average Bonchev–Trinajstić information content (AvgIpc) is 2.38. The Labute approximate surface area is 102 Å². The quantitative estimate of drug-likeness (QED) is 0.575. The standard InChI is InChI=1S/C13H8N2O3/c1-15-6-9-8(5-10(15)16)12(17)7-3-2-4-14-11(7)13(9)18/h2-6H,1H3. The first kappa shape index (κ1) is 10.6. The zero-order chi connectivity index (χ0) is 12.9. The lowest BCUT2D eigenvalue weighted by atomic mass is 9.88. The van der Waals surface area contributed by atoms with Crippen molar-refractivity contribution in [2.24, 2.45) is 7.05 Å². The highest BCUT2D eigenvalue weighted by atomic mass is 16.1. The van der Waals surface area contributed by atoms with Gasteiger partial charge in [0.15, 0.2) is 5.78 Å². The molecule has 0 N–H and O–H groups in total. The predicted octanol–water partition coefficient (Wildman–Crippen LogP) is 0.556. The van der Waals surface area contributed by atoms with Crippen molar-refractivity contribution in [1.29, 1.82) is 0 Å². The van der Waals surface area contributed by atoms with Crippen LogP contribution in [0.3, 0.4) is 0 Å². The van der Waals surface area contributed by atoms with Crippen LogP contribution in [-0.2, 0) is 7.05 Å². The number of carbonyl (C=O) groups is 2. The molecule has 3 rings (SSSR count). The van der Waals surface area contributed by atoms with Gasteiger partial charge in [0.05, 0.1) is 11.1 Å². The molecule has 5 nitrogen and oxygen atoms in total. The number of nitrogens with zero attached hydrogens (tertiary/aromatic N) is 2. The van der Waals surface area contributed by atoms with Crippen molar-refractivity contribution in [2.75, 3.05) is 0 Å². The molecule has 0 aromatic carbocycles. The van der Waals surface area contributed by atoms with Crippen LogP contribution in [-0.4, -0.2) is 21.1 Å². The molecule has 2 heterocycles. The lowest BCUT2D eigenvalue weighted by Gasteiger charge is -2.16. The molecule has 1 aliphatic rings. The molecule has 18 heavy (non-hydrogen) atoms. The van der Waals surface area contributed by atoms with Crippen molar-refractivity contribution in [1.82, 2.24) is 9.55 Å². The number of ketones is 2. The Kier molecular flexibility index (Phi) is 2.04. The van der Waals surface area contributed by atoms with E-state index in [1.165, 1.54) is 30.1 Å². The molecule has 0 unspecified atom stereocenters. The molecule has 0 bridgehead atoms. The molecule has 88 valence electrons. The van der Waals surface area contributed by atoms with Crippen LogP contribution in [0.2, 0.25) is 0 Å². The highest BCUT2D eigenvalue weighted by Gasteiger charge is 2.31. The van der Waals surface area contributed by atoms with Gasteiger partial charge in [0.1, 0.15) is 5.69 Å². The summed E-state index contributed by atoms with van der Waals surface area (Å²) in [5.41, 5.74) is 0.469. The minimum Gasteiger partial charge on any atom is -0.318 e. The van der Waals surface area contributed by atoms with Crippen molar-refractivity contribution < 1.29 is 9.59 Å². The Morgan fingerprint density at radius 2 is 1.83 bits per heavy atom. The SMILES string of the molecule is Cn1cc2c(cc1=O)C(=O)c1cccnc1C2=O. The van der Waals surface area contributed by atoms with Crippen LogP contribution in [0.15, 0.2) is 35.4 Å². The lowest BCUT2D eigenvalue weighted by Crippen LogP contribution is -2.27. The Balaban J connectivity index is 2.37. The Morgan fingerprint density at radius 3 is 2.61 bits per heavy atom. The third-order valence-corrected chi connectivity index (χ3v) is 2.99. The van der Waals surface area contributed by atoms with Gasteiger partial charge in [0.25, 0.3) is 5.56 Å². The molecular weight excluding hydrogens is 232 g/mol. The number of carbonyl (C=O) groups excluding carboxylic acids is 2. The fourth-order valence-electron chi connectivity index (χ4n) is 2.04. The van der Waals surface area contributed by atoms with Crippen LogP contribution in [0.1, 0.15) is 32.0 Å². The third kappa shape index (κ3) is 1.27. The fourth-order valence-corrected chi connectivity index (χ4v) is 2.04. The van der Waals surface area contributed by atoms with Crippen LogP contribution in [0, 0.1) is 0 Å². The molecule has 0 saturated heterocycles. The second kappa shape index (κ2) is 3.46. The first-order chi connectivity index (χ1) is 8.59. The number of fused-ring (bicyclic) bond motifs is 2. The number of aryl methyl sites for hydroxylation is 1. The largest absolute Gasteiger partial charge is 0.318 e. The van der Waals surface area contributed by atoms with E-state index in [-0.39, 0.29) is 39.5 Å². The molecule has 0 atom stereocenters. The minimum atomic E-state index is -0.328. The summed E-state index contributed by atoms with van der Waals surface area (Å²) >= 11 is 0. The Hall–Kier alpha value is -2.56. The van der Waals surface area contributed by atoms with E-state index in [0.717, 1.165) is 0 Å². The van der Waals surface area contributed by atoms with Crippen molar-refractivity contribution in [3.8, 4) is 0 Å². The summed E-state index contributed by atoms with van der Waals surface area (Å²) < 4.78 is 1.28. The summed E-state index contributed by atoms with van der Waals surface area (Å²) in [7, 11) is 1.54. The van der Waals surface area contributed by atoms with E-state index in [1.54, 1.807) is 12.1 Å². The van der Waals surface area contributed by atoms with Crippen LogP contribution in [0.5, 0.6) is 0 Å². The van der Waals surface area contributed by atoms with Gasteiger partial charge < -0.3 is 4.57 Å². The summed E-state index contributed by atoms with van der Waals surface area (Å²) in [5, 5.41) is 0. The van der Waals surface area contributed by atoms with Crippen molar-refractivity contribution in [2.45, 2.75) is 0 Å². The molecule has 5 heteroatoms. The van der Waals surface area contributed by atoms with E-state index in [0.29, 0.717) is 0 Å². The average molecular weight is 240 g/mol. The summed E-state index contributed by atoms with van der Waals surface area (Å²) in [5.74, 6) is -0.652. The second-order valence-corrected chi connectivity index (χ2v) is 4.11. The van der Waals surface area contributed by atoms with Gasteiger partial charge in [-0.05, 0) is 12.1 Å². The fraction of sp³-hybridized carbons (Fsp3) is 0.0769. The number of rotatable bonds is 0. The van der Waals surface area contributed by atoms with Gasteiger partial charge in [-0.15, -0.1) is 0 Å². The van der Waals surface area contributed by atoms with E-state index in [2.05, 4.69) is 4.98 Å². The van der Waals surface area contributed by atoms with Crippen LogP contribution in [0.25, 0.3) is 0 Å². The van der Waals surface area contributed by atoms with Crippen molar-refractivity contribution in [3.05, 3.63) is 63.3 Å². The monoisotopic (exact) mass is 240 g/mol. The van der Waals surface area contributed by atoms with Gasteiger partial charge in [0, 0.05) is 31.1 Å². The van der Waals surface area contributed by atoms with E-state index < -0.39 is 0 Å². The lowest BCUT2D eigenvalue weighted by molar-refractivity contribution is 0.0974. The summed E-state index contributed by atoms with van der Waals surface area (Å²) in [6.45, 7) is 0. The molecule has 2 aromatic heterocycles. The van der Waals surface area contributed by atoms with Crippen molar-refractivity contribution in [3.63, 3.8) is 0 Å². The topological polar surface area (TPSA) is 69.0 Å². The molecule has 0 fully saturated rings. The van der Waals surface area contributed by atoms with Gasteiger partial charge in [-0.1, -0.05) is 0 Å². The molecule has 0 spiro atoms. The van der Waals surface area contributed by atoms with Gasteiger partial charge in [-0.2, -0.15) is 0 Å². The minimum absolute atomic E-state index is 0.147. The Morgan fingerprint density at radius 1 is 1.06 bits per heavy atom. The summed E-state index contributed by atoms with van der Waals surface area (Å²) in [6.07, 6.45) is 2.85. The third-order valence-electron chi connectivity index (χ3n) is 2.99. The molecular formula is C13H8N2O3. The molecule has 2 aromatic rings. The zero-order valence-corrected chi connectivity index (χ0v) is 9.51. The predicted molar refractivity (Wildman–Crippen MR) is 62.8 cm³/mol. The molecule has 0 saturated carbocycles. The van der Waals surface area contributed by atoms with E-state index in [1.807, 2.05) is 0 Å². The smallest absolute Gasteiger partial charge is 0.251 e. The van der Waals surface area contributed by atoms with Gasteiger partial charge in [0.2, 0.25) is 5.78 Å². The van der Waals surface area contributed by atoms with Crippen LogP contribution < -0.4 is 5.56 Å². The van der Waals surface area contributed by atoms with E-state index in [9.17, 15) is 14.4 Å². The maximum Gasteiger partial charge on any atom is 0.251 e. The molecule has 0 aliphatic heterocycles. The maximum atomic E-state index is 12.2. The molecule has 0 radical (unpaired) electrons. The first-order valence-corrected chi connectivity index (χ1v) is 5.34. The first-order valence-electron chi connectivity index (χ1n) is 5.34. The number of hydrogen-bond acceptors (Lipinski definition) is 4. The Bertz CT molecular complexity index is 759. The number of pyridine rings is 2. The highest BCUT2D eigenvalue weighted by molar-refractivity contribution is 6.27. The summed E-state index contributed by atoms with van der Waals surface area (Å²) in [4.78, 5) is 39.8. The normalized spacial score (nSPS) is 13.2. The van der Waals surface area contributed by atoms with E-state index >= 15 is 0 Å². The second-order valence-electron chi connectivity index (χ2n) is 4.11.